The average Bonchev–Trinajstić information content (AvgIpc) is 2.66. The van der Waals surface area contributed by atoms with Crippen molar-refractivity contribution in [2.75, 3.05) is 6.54 Å². The number of aliphatic carboxylic acids is 2. The van der Waals surface area contributed by atoms with E-state index in [1.54, 1.807) is 0 Å². The predicted octanol–water partition coefficient (Wildman–Crippen LogP) is -0.540. The molecule has 5 N–H and O–H groups in total. The zero-order valence-corrected chi connectivity index (χ0v) is 10.4. The van der Waals surface area contributed by atoms with Crippen molar-refractivity contribution in [1.29, 1.82) is 0 Å². The van der Waals surface area contributed by atoms with Crippen LogP contribution in [0.15, 0.2) is 0 Å². The van der Waals surface area contributed by atoms with Crippen LogP contribution in [0, 0.1) is 5.92 Å². The van der Waals surface area contributed by atoms with Gasteiger partial charge in [-0.2, -0.15) is 0 Å². The van der Waals surface area contributed by atoms with Gasteiger partial charge in [0, 0.05) is 6.04 Å². The quantitative estimate of drug-likeness (QED) is 0.408. The molecule has 0 aromatic rings. The summed E-state index contributed by atoms with van der Waals surface area (Å²) in [6, 6.07) is -0.209. The Balaban J connectivity index is 2.90. The van der Waals surface area contributed by atoms with Crippen molar-refractivity contribution in [1.82, 2.24) is 5.32 Å². The van der Waals surface area contributed by atoms with Gasteiger partial charge in [0.25, 0.3) is 0 Å². The van der Waals surface area contributed by atoms with Crippen LogP contribution in [0.25, 0.3) is 0 Å². The normalized spacial score (nSPS) is 23.6. The minimum absolute atomic E-state index is 0.0998. The van der Waals surface area contributed by atoms with E-state index in [0.29, 0.717) is 13.0 Å². The van der Waals surface area contributed by atoms with E-state index in [1.165, 1.54) is 0 Å². The zero-order chi connectivity index (χ0) is 13.9. The van der Waals surface area contributed by atoms with E-state index in [4.69, 9.17) is 20.0 Å². The third-order valence-corrected chi connectivity index (χ3v) is 4.32. The second kappa shape index (κ2) is 5.79. The Morgan fingerprint density at radius 2 is 1.89 bits per heavy atom. The van der Waals surface area contributed by atoms with Gasteiger partial charge in [-0.1, -0.05) is 0 Å². The first-order chi connectivity index (χ1) is 8.23. The van der Waals surface area contributed by atoms with E-state index in [2.05, 4.69) is 5.32 Å². The highest BCUT2D eigenvalue weighted by Crippen LogP contribution is 2.46. The van der Waals surface area contributed by atoms with E-state index in [1.807, 2.05) is 0 Å². The van der Waals surface area contributed by atoms with Gasteiger partial charge in [0.05, 0.1) is 5.92 Å². The third kappa shape index (κ3) is 3.78. The molecule has 8 nitrogen and oxygen atoms in total. The number of nitrogens with one attached hydrogen (secondary N) is 1. The monoisotopic (exact) mass is 281 g/mol. The number of carboxylic acid groups (broad SMARTS) is 2. The lowest BCUT2D eigenvalue weighted by Gasteiger charge is -2.23. The van der Waals surface area contributed by atoms with Crippen molar-refractivity contribution < 1.29 is 34.2 Å². The lowest BCUT2D eigenvalue weighted by molar-refractivity contribution is -0.148. The Kier molecular flexibility index (Phi) is 4.86. The molecule has 1 heterocycles. The molecule has 0 aromatic carbocycles. The van der Waals surface area contributed by atoms with Crippen LogP contribution in [-0.2, 0) is 14.2 Å². The summed E-state index contributed by atoms with van der Waals surface area (Å²) in [7, 11) is -5.01. The van der Waals surface area contributed by atoms with Crippen LogP contribution in [0.2, 0.25) is 0 Å². The Morgan fingerprint density at radius 1 is 1.28 bits per heavy atom. The minimum atomic E-state index is -5.01. The summed E-state index contributed by atoms with van der Waals surface area (Å²) < 4.78 is 11.1. The smallest absolute Gasteiger partial charge is 0.340 e. The molecule has 0 aromatic heterocycles. The molecule has 0 radical (unpaired) electrons. The topological polar surface area (TPSA) is 144 Å². The molecule has 1 aliphatic rings. The number of hydrogen-bond acceptors (Lipinski definition) is 4. The molecule has 0 bridgehead atoms. The van der Waals surface area contributed by atoms with Crippen LogP contribution in [0.5, 0.6) is 0 Å². The van der Waals surface area contributed by atoms with Gasteiger partial charge in [0.1, 0.15) is 0 Å². The summed E-state index contributed by atoms with van der Waals surface area (Å²) in [4.78, 5) is 39.9. The third-order valence-electron chi connectivity index (χ3n) is 3.01. The number of carboxylic acids is 2. The molecule has 1 saturated heterocycles. The van der Waals surface area contributed by atoms with Crippen LogP contribution < -0.4 is 5.32 Å². The Labute approximate surface area is 103 Å². The molecular formula is C9H16NO7P. The molecule has 0 spiro atoms. The first-order valence-electron chi connectivity index (χ1n) is 5.47. The summed E-state index contributed by atoms with van der Waals surface area (Å²) in [5, 5.41) is 20.8. The summed E-state index contributed by atoms with van der Waals surface area (Å²) in [6.07, 6.45) is 1.42. The molecule has 1 rings (SSSR count). The molecular weight excluding hydrogens is 265 g/mol. The summed E-state index contributed by atoms with van der Waals surface area (Å²) in [6.45, 7) is 0.699. The predicted molar refractivity (Wildman–Crippen MR) is 60.2 cm³/mol. The van der Waals surface area contributed by atoms with E-state index >= 15 is 0 Å². The second-order valence-electron chi connectivity index (χ2n) is 4.35. The van der Waals surface area contributed by atoms with Crippen molar-refractivity contribution in [2.24, 2.45) is 5.92 Å². The lowest BCUT2D eigenvalue weighted by atomic mass is 9.95. The molecule has 18 heavy (non-hydrogen) atoms. The van der Waals surface area contributed by atoms with Crippen LogP contribution in [-0.4, -0.2) is 50.2 Å². The summed E-state index contributed by atoms with van der Waals surface area (Å²) in [5.41, 5.74) is -2.20. The SMILES string of the molecule is O=C(O)C(CC1CCCN1)C(C(=O)O)P(=O)(O)O. The van der Waals surface area contributed by atoms with Gasteiger partial charge in [0.15, 0.2) is 5.66 Å². The standard InChI is InChI=1S/C9H16NO7P/c11-8(12)6(4-5-2-1-3-10-5)7(9(13)14)18(15,16)17/h5-7,10H,1-4H2,(H,11,12)(H,13,14)(H2,15,16,17). The number of rotatable bonds is 6. The molecule has 9 heteroatoms. The van der Waals surface area contributed by atoms with Crippen molar-refractivity contribution in [3.05, 3.63) is 0 Å². The fourth-order valence-electron chi connectivity index (χ4n) is 2.18. The van der Waals surface area contributed by atoms with Gasteiger partial charge >= 0.3 is 19.5 Å². The maximum atomic E-state index is 11.1. The van der Waals surface area contributed by atoms with Gasteiger partial charge in [-0.15, -0.1) is 0 Å². The van der Waals surface area contributed by atoms with Crippen molar-refractivity contribution in [3.63, 3.8) is 0 Å². The number of hydrogen-bond donors (Lipinski definition) is 5. The van der Waals surface area contributed by atoms with E-state index in [9.17, 15) is 14.2 Å². The highest BCUT2D eigenvalue weighted by Gasteiger charge is 2.46. The van der Waals surface area contributed by atoms with Crippen LogP contribution in [0.3, 0.4) is 0 Å². The first kappa shape index (κ1) is 15.1. The zero-order valence-electron chi connectivity index (χ0n) is 9.52. The molecule has 3 atom stereocenters. The fourth-order valence-corrected chi connectivity index (χ4v) is 3.19. The lowest BCUT2D eigenvalue weighted by Crippen LogP contribution is -2.39. The number of carbonyl (C=O) groups is 2. The van der Waals surface area contributed by atoms with Crippen LogP contribution in [0.1, 0.15) is 19.3 Å². The van der Waals surface area contributed by atoms with Crippen molar-refractivity contribution in [3.8, 4) is 0 Å². The Morgan fingerprint density at radius 3 is 2.22 bits per heavy atom. The summed E-state index contributed by atoms with van der Waals surface area (Å²) in [5.74, 6) is -4.88. The molecule has 3 unspecified atom stereocenters. The van der Waals surface area contributed by atoms with Gasteiger partial charge in [-0.25, -0.2) is 0 Å². The average molecular weight is 281 g/mol. The molecule has 1 fully saturated rings. The highest BCUT2D eigenvalue weighted by atomic mass is 31.2. The van der Waals surface area contributed by atoms with E-state index in [-0.39, 0.29) is 12.5 Å². The van der Waals surface area contributed by atoms with Crippen LogP contribution in [0.4, 0.5) is 0 Å². The van der Waals surface area contributed by atoms with Crippen molar-refractivity contribution >= 4 is 19.5 Å². The van der Waals surface area contributed by atoms with Crippen molar-refractivity contribution in [2.45, 2.75) is 31.0 Å². The molecule has 0 aliphatic carbocycles. The second-order valence-corrected chi connectivity index (χ2v) is 6.08. The fraction of sp³-hybridized carbons (Fsp3) is 0.778. The van der Waals surface area contributed by atoms with Crippen LogP contribution >= 0.6 is 7.60 Å². The van der Waals surface area contributed by atoms with Gasteiger partial charge in [-0.05, 0) is 25.8 Å². The van der Waals surface area contributed by atoms with Gasteiger partial charge in [0.2, 0.25) is 0 Å². The van der Waals surface area contributed by atoms with E-state index < -0.39 is 31.1 Å². The van der Waals surface area contributed by atoms with E-state index in [0.717, 1.165) is 6.42 Å². The highest BCUT2D eigenvalue weighted by molar-refractivity contribution is 7.53. The Bertz CT molecular complexity index is 373. The first-order valence-corrected chi connectivity index (χ1v) is 7.16. The van der Waals surface area contributed by atoms with Gasteiger partial charge < -0.3 is 25.3 Å². The van der Waals surface area contributed by atoms with Gasteiger partial charge in [-0.3, -0.25) is 14.2 Å². The molecule has 0 saturated carbocycles. The molecule has 1 aliphatic heterocycles. The molecule has 0 amide bonds. The minimum Gasteiger partial charge on any atom is -0.481 e. The Hall–Kier alpha value is -0.950. The molecule has 104 valence electrons. The maximum absolute atomic E-state index is 11.1. The largest absolute Gasteiger partial charge is 0.481 e. The maximum Gasteiger partial charge on any atom is 0.340 e. The summed E-state index contributed by atoms with van der Waals surface area (Å²) >= 11 is 0.